The molecule has 1 aromatic carbocycles. The Hall–Kier alpha value is -1.26. The number of rotatable bonds is 3. The van der Waals surface area contributed by atoms with E-state index < -0.39 is 0 Å². The van der Waals surface area contributed by atoms with Crippen molar-refractivity contribution in [3.63, 3.8) is 0 Å². The Labute approximate surface area is 124 Å². The van der Waals surface area contributed by atoms with E-state index >= 15 is 0 Å². The van der Waals surface area contributed by atoms with E-state index in [9.17, 15) is 4.79 Å². The molecule has 0 N–H and O–H groups in total. The Morgan fingerprint density at radius 3 is 3.05 bits per heavy atom. The van der Waals surface area contributed by atoms with Gasteiger partial charge in [0, 0.05) is 29.8 Å². The van der Waals surface area contributed by atoms with Gasteiger partial charge in [-0.25, -0.2) is 0 Å². The molecule has 4 nitrogen and oxygen atoms in total. The maximum Gasteiger partial charge on any atom is 0.227 e. The highest BCUT2D eigenvalue weighted by Gasteiger charge is 2.24. The molecule has 1 aromatic rings. The Bertz CT molecular complexity index is 478. The van der Waals surface area contributed by atoms with Gasteiger partial charge in [-0.05, 0) is 25.5 Å². The third-order valence-electron chi connectivity index (χ3n) is 3.63. The smallest absolute Gasteiger partial charge is 0.227 e. The molecular weight excluding hydrogens is 278 g/mol. The molecule has 0 radical (unpaired) electrons. The third-order valence-corrected chi connectivity index (χ3v) is 3.99. The van der Waals surface area contributed by atoms with Gasteiger partial charge in [-0.1, -0.05) is 17.7 Å². The SMILES string of the molecule is COc1cccc(Cl)c1CC(=O)N1CCOCCC1C. The maximum absolute atomic E-state index is 12.5. The Kier molecular flexibility index (Phi) is 5.26. The number of carbonyl (C=O) groups is 1. The zero-order chi connectivity index (χ0) is 14.5. The van der Waals surface area contributed by atoms with E-state index in [1.807, 2.05) is 17.0 Å². The molecule has 0 bridgehead atoms. The van der Waals surface area contributed by atoms with Crippen molar-refractivity contribution in [2.75, 3.05) is 26.9 Å². The fraction of sp³-hybridized carbons (Fsp3) is 0.533. The van der Waals surface area contributed by atoms with Crippen LogP contribution in [0.15, 0.2) is 18.2 Å². The van der Waals surface area contributed by atoms with Crippen molar-refractivity contribution in [3.05, 3.63) is 28.8 Å². The molecule has 20 heavy (non-hydrogen) atoms. The fourth-order valence-electron chi connectivity index (χ4n) is 2.42. The first-order valence-corrected chi connectivity index (χ1v) is 7.20. The minimum Gasteiger partial charge on any atom is -0.496 e. The van der Waals surface area contributed by atoms with E-state index in [1.165, 1.54) is 0 Å². The van der Waals surface area contributed by atoms with Crippen LogP contribution in [0.5, 0.6) is 5.75 Å². The lowest BCUT2D eigenvalue weighted by atomic mass is 10.1. The van der Waals surface area contributed by atoms with Gasteiger partial charge in [0.1, 0.15) is 5.75 Å². The summed E-state index contributed by atoms with van der Waals surface area (Å²) in [4.78, 5) is 14.4. The molecule has 0 aromatic heterocycles. The third kappa shape index (κ3) is 3.44. The van der Waals surface area contributed by atoms with Crippen LogP contribution < -0.4 is 4.74 Å². The summed E-state index contributed by atoms with van der Waals surface area (Å²) >= 11 is 6.18. The molecule has 1 fully saturated rings. The molecule has 1 unspecified atom stereocenters. The monoisotopic (exact) mass is 297 g/mol. The van der Waals surface area contributed by atoms with Crippen LogP contribution in [0.25, 0.3) is 0 Å². The summed E-state index contributed by atoms with van der Waals surface area (Å²) in [5.74, 6) is 0.721. The summed E-state index contributed by atoms with van der Waals surface area (Å²) < 4.78 is 10.7. The van der Waals surface area contributed by atoms with Gasteiger partial charge in [0.25, 0.3) is 0 Å². The van der Waals surface area contributed by atoms with Crippen LogP contribution in [0.1, 0.15) is 18.9 Å². The van der Waals surface area contributed by atoms with Gasteiger partial charge in [0.15, 0.2) is 0 Å². The van der Waals surface area contributed by atoms with E-state index in [0.717, 1.165) is 12.0 Å². The first kappa shape index (κ1) is 15.1. The highest BCUT2D eigenvalue weighted by Crippen LogP contribution is 2.27. The molecule has 5 heteroatoms. The van der Waals surface area contributed by atoms with Crippen molar-refractivity contribution in [3.8, 4) is 5.75 Å². The molecule has 1 heterocycles. The molecule has 1 saturated heterocycles. The van der Waals surface area contributed by atoms with Gasteiger partial charge in [0.05, 0.1) is 20.1 Å². The van der Waals surface area contributed by atoms with Crippen LogP contribution in [0.4, 0.5) is 0 Å². The maximum atomic E-state index is 12.5. The quantitative estimate of drug-likeness (QED) is 0.860. The standard InChI is InChI=1S/C15H20ClNO3/c1-11-6-8-20-9-7-17(11)15(18)10-12-13(16)4-3-5-14(12)19-2/h3-5,11H,6-10H2,1-2H3. The van der Waals surface area contributed by atoms with Crippen molar-refractivity contribution in [1.29, 1.82) is 0 Å². The van der Waals surface area contributed by atoms with Crippen LogP contribution in [0.2, 0.25) is 5.02 Å². The van der Waals surface area contributed by atoms with Crippen molar-refractivity contribution in [1.82, 2.24) is 4.90 Å². The second-order valence-corrected chi connectivity index (χ2v) is 5.34. The predicted molar refractivity (Wildman–Crippen MR) is 78.3 cm³/mol. The lowest BCUT2D eigenvalue weighted by Gasteiger charge is -2.27. The Morgan fingerprint density at radius 1 is 1.50 bits per heavy atom. The molecule has 2 rings (SSSR count). The van der Waals surface area contributed by atoms with Gasteiger partial charge in [-0.3, -0.25) is 4.79 Å². The fourth-order valence-corrected chi connectivity index (χ4v) is 2.65. The van der Waals surface area contributed by atoms with Crippen LogP contribution in [0.3, 0.4) is 0 Å². The van der Waals surface area contributed by atoms with Crippen molar-refractivity contribution >= 4 is 17.5 Å². The van der Waals surface area contributed by atoms with Crippen molar-refractivity contribution in [2.45, 2.75) is 25.8 Å². The zero-order valence-electron chi connectivity index (χ0n) is 11.9. The summed E-state index contributed by atoms with van der Waals surface area (Å²) in [6.45, 7) is 3.99. The largest absolute Gasteiger partial charge is 0.496 e. The number of ether oxygens (including phenoxy) is 2. The first-order valence-electron chi connectivity index (χ1n) is 6.82. The van der Waals surface area contributed by atoms with E-state index in [0.29, 0.717) is 30.5 Å². The number of nitrogens with zero attached hydrogens (tertiary/aromatic N) is 1. The average Bonchev–Trinajstić information content (AvgIpc) is 2.65. The summed E-state index contributed by atoms with van der Waals surface area (Å²) in [6.07, 6.45) is 1.12. The second-order valence-electron chi connectivity index (χ2n) is 4.93. The first-order chi connectivity index (χ1) is 9.63. The molecular formula is C15H20ClNO3. The van der Waals surface area contributed by atoms with E-state index in [2.05, 4.69) is 6.92 Å². The van der Waals surface area contributed by atoms with E-state index in [-0.39, 0.29) is 18.4 Å². The number of methoxy groups -OCH3 is 1. The molecule has 0 spiro atoms. The van der Waals surface area contributed by atoms with Crippen molar-refractivity contribution in [2.24, 2.45) is 0 Å². The van der Waals surface area contributed by atoms with Crippen LogP contribution in [-0.2, 0) is 16.0 Å². The summed E-state index contributed by atoms with van der Waals surface area (Å²) in [5.41, 5.74) is 0.749. The number of halogens is 1. The van der Waals surface area contributed by atoms with Gasteiger partial charge >= 0.3 is 0 Å². The lowest BCUT2D eigenvalue weighted by Crippen LogP contribution is -2.40. The van der Waals surface area contributed by atoms with Crippen molar-refractivity contribution < 1.29 is 14.3 Å². The minimum atomic E-state index is 0.0643. The number of carbonyl (C=O) groups excluding carboxylic acids is 1. The molecule has 110 valence electrons. The van der Waals surface area contributed by atoms with Crippen LogP contribution in [-0.4, -0.2) is 43.7 Å². The molecule has 0 aliphatic carbocycles. The van der Waals surface area contributed by atoms with Crippen LogP contribution in [0, 0.1) is 0 Å². The van der Waals surface area contributed by atoms with Gasteiger partial charge < -0.3 is 14.4 Å². The number of benzene rings is 1. The summed E-state index contributed by atoms with van der Waals surface area (Å²) in [5, 5.41) is 0.566. The predicted octanol–water partition coefficient (Wildman–Crippen LogP) is 2.53. The normalized spacial score (nSPS) is 19.6. The summed E-state index contributed by atoms with van der Waals surface area (Å²) in [6, 6.07) is 5.61. The summed E-state index contributed by atoms with van der Waals surface area (Å²) in [7, 11) is 1.59. The minimum absolute atomic E-state index is 0.0643. The topological polar surface area (TPSA) is 38.8 Å². The van der Waals surface area contributed by atoms with Gasteiger partial charge in [-0.15, -0.1) is 0 Å². The Morgan fingerprint density at radius 2 is 2.30 bits per heavy atom. The highest BCUT2D eigenvalue weighted by atomic mass is 35.5. The second kappa shape index (κ2) is 6.95. The zero-order valence-corrected chi connectivity index (χ0v) is 12.7. The molecule has 1 amide bonds. The van der Waals surface area contributed by atoms with E-state index in [1.54, 1.807) is 13.2 Å². The van der Waals surface area contributed by atoms with Gasteiger partial charge in [-0.2, -0.15) is 0 Å². The number of hydrogen-bond donors (Lipinski definition) is 0. The van der Waals surface area contributed by atoms with Crippen LogP contribution >= 0.6 is 11.6 Å². The molecule has 0 saturated carbocycles. The highest BCUT2D eigenvalue weighted by molar-refractivity contribution is 6.31. The average molecular weight is 298 g/mol. The number of amides is 1. The Balaban J connectivity index is 2.14. The van der Waals surface area contributed by atoms with Gasteiger partial charge in [0.2, 0.25) is 5.91 Å². The molecule has 1 aliphatic heterocycles. The van der Waals surface area contributed by atoms with E-state index in [4.69, 9.17) is 21.1 Å². The number of hydrogen-bond acceptors (Lipinski definition) is 3. The molecule has 1 aliphatic rings. The lowest BCUT2D eigenvalue weighted by molar-refractivity contribution is -0.132. The molecule has 1 atom stereocenters.